The Balaban J connectivity index is 2.27. The molecule has 1 saturated heterocycles. The lowest BCUT2D eigenvalue weighted by Crippen LogP contribution is -2.53. The molecule has 6 heteroatoms. The average Bonchev–Trinajstić information content (AvgIpc) is 2.36. The topological polar surface area (TPSA) is 64.7 Å². The van der Waals surface area contributed by atoms with Crippen molar-refractivity contribution in [1.82, 2.24) is 20.4 Å². The van der Waals surface area contributed by atoms with Gasteiger partial charge in [-0.05, 0) is 27.7 Å². The predicted octanol–water partition coefficient (Wildman–Crippen LogP) is -0.345. The van der Waals surface area contributed by atoms with E-state index < -0.39 is 0 Å². The van der Waals surface area contributed by atoms with Gasteiger partial charge in [-0.15, -0.1) is 0 Å². The van der Waals surface area contributed by atoms with Crippen LogP contribution >= 0.6 is 0 Å². The number of piperazine rings is 1. The van der Waals surface area contributed by atoms with E-state index >= 15 is 0 Å². The summed E-state index contributed by atoms with van der Waals surface area (Å²) in [6, 6.07) is 0. The second kappa shape index (κ2) is 7.59. The van der Waals surface area contributed by atoms with Crippen molar-refractivity contribution in [3.05, 3.63) is 0 Å². The van der Waals surface area contributed by atoms with E-state index in [1.165, 1.54) is 0 Å². The molecule has 0 aliphatic carbocycles. The van der Waals surface area contributed by atoms with Crippen LogP contribution in [0, 0.1) is 0 Å². The summed E-state index contributed by atoms with van der Waals surface area (Å²) in [7, 11) is 0. The molecule has 0 radical (unpaired) electrons. The largest absolute Gasteiger partial charge is 0.355 e. The number of hydrogen-bond donors (Lipinski definition) is 2. The van der Waals surface area contributed by atoms with Crippen molar-refractivity contribution in [1.29, 1.82) is 0 Å². The number of nitrogens with zero attached hydrogens (tertiary/aromatic N) is 2. The van der Waals surface area contributed by atoms with Crippen molar-refractivity contribution < 1.29 is 9.59 Å². The highest BCUT2D eigenvalue weighted by molar-refractivity contribution is 5.79. The average molecular weight is 284 g/mol. The Hall–Kier alpha value is -1.14. The molecular formula is C14H28N4O2. The molecule has 116 valence electrons. The fourth-order valence-electron chi connectivity index (χ4n) is 2.06. The number of likely N-dealkylation sites (N-methyl/N-ethyl adjacent to an activating group) is 1. The maximum atomic E-state index is 12.0. The Bertz CT molecular complexity index is 331. The molecule has 0 unspecified atom stereocenters. The minimum atomic E-state index is -0.0459. The summed E-state index contributed by atoms with van der Waals surface area (Å²) in [5.41, 5.74) is -0.0459. The van der Waals surface area contributed by atoms with Crippen molar-refractivity contribution in [3.63, 3.8) is 0 Å². The third-order valence-corrected chi connectivity index (χ3v) is 3.24. The molecule has 1 aliphatic rings. The van der Waals surface area contributed by atoms with Gasteiger partial charge in [0.1, 0.15) is 0 Å². The van der Waals surface area contributed by atoms with Gasteiger partial charge in [-0.3, -0.25) is 14.5 Å². The Morgan fingerprint density at radius 1 is 1.10 bits per heavy atom. The van der Waals surface area contributed by atoms with E-state index in [0.717, 1.165) is 13.1 Å². The van der Waals surface area contributed by atoms with E-state index in [4.69, 9.17) is 0 Å². The van der Waals surface area contributed by atoms with Gasteiger partial charge in [-0.1, -0.05) is 0 Å². The zero-order chi connectivity index (χ0) is 15.2. The van der Waals surface area contributed by atoms with Crippen LogP contribution < -0.4 is 10.6 Å². The zero-order valence-corrected chi connectivity index (χ0v) is 13.2. The van der Waals surface area contributed by atoms with Gasteiger partial charge in [0.25, 0.3) is 0 Å². The van der Waals surface area contributed by atoms with Gasteiger partial charge >= 0.3 is 0 Å². The second-order valence-electron chi connectivity index (χ2n) is 6.21. The molecule has 0 atom stereocenters. The maximum Gasteiger partial charge on any atom is 0.236 e. The van der Waals surface area contributed by atoms with E-state index in [0.29, 0.717) is 32.7 Å². The third-order valence-electron chi connectivity index (χ3n) is 3.24. The molecular weight excluding hydrogens is 256 g/mol. The lowest BCUT2D eigenvalue weighted by atomic mass is 10.1. The number of rotatable bonds is 5. The van der Waals surface area contributed by atoms with Gasteiger partial charge in [-0.2, -0.15) is 0 Å². The first-order chi connectivity index (χ1) is 9.31. The second-order valence-corrected chi connectivity index (χ2v) is 6.21. The van der Waals surface area contributed by atoms with Crippen LogP contribution in [-0.2, 0) is 9.59 Å². The van der Waals surface area contributed by atoms with Crippen LogP contribution in [0.3, 0.4) is 0 Å². The summed E-state index contributed by atoms with van der Waals surface area (Å²) in [5, 5.41) is 6.00. The molecule has 6 nitrogen and oxygen atoms in total. The molecule has 1 aliphatic heterocycles. The Labute approximate surface area is 121 Å². The fourth-order valence-corrected chi connectivity index (χ4v) is 2.06. The number of carbonyl (C=O) groups is 2. The van der Waals surface area contributed by atoms with Crippen LogP contribution in [0.5, 0.6) is 0 Å². The van der Waals surface area contributed by atoms with Gasteiger partial charge in [0.2, 0.25) is 11.8 Å². The Morgan fingerprint density at radius 3 is 2.20 bits per heavy atom. The molecule has 20 heavy (non-hydrogen) atoms. The summed E-state index contributed by atoms with van der Waals surface area (Å²) in [5.74, 6) is 0.194. The summed E-state index contributed by atoms with van der Waals surface area (Å²) in [4.78, 5) is 27.5. The number of nitrogens with one attached hydrogen (secondary N) is 2. The van der Waals surface area contributed by atoms with Crippen molar-refractivity contribution >= 4 is 11.8 Å². The molecule has 0 saturated carbocycles. The van der Waals surface area contributed by atoms with Gasteiger partial charge < -0.3 is 15.5 Å². The lowest BCUT2D eigenvalue weighted by Gasteiger charge is -2.35. The molecule has 0 aromatic rings. The van der Waals surface area contributed by atoms with Crippen molar-refractivity contribution in [2.75, 3.05) is 45.8 Å². The van der Waals surface area contributed by atoms with Crippen LogP contribution in [0.25, 0.3) is 0 Å². The highest BCUT2D eigenvalue weighted by Crippen LogP contribution is 2.03. The van der Waals surface area contributed by atoms with Crippen LogP contribution in [0.1, 0.15) is 27.7 Å². The standard InChI is InChI=1S/C14H28N4O2/c1-5-15-12(19)11-17-6-8-18(9-7-17)13(20)10-16-14(2,3)4/h16H,5-11H2,1-4H3,(H,15,19). The smallest absolute Gasteiger partial charge is 0.236 e. The van der Waals surface area contributed by atoms with Crippen LogP contribution in [-0.4, -0.2) is 73.0 Å². The first-order valence-electron chi connectivity index (χ1n) is 7.33. The van der Waals surface area contributed by atoms with Crippen LogP contribution in [0.4, 0.5) is 0 Å². The third kappa shape index (κ3) is 6.34. The zero-order valence-electron chi connectivity index (χ0n) is 13.2. The predicted molar refractivity (Wildman–Crippen MR) is 79.5 cm³/mol. The van der Waals surface area contributed by atoms with Crippen LogP contribution in [0.2, 0.25) is 0 Å². The molecule has 1 heterocycles. The molecule has 2 amide bonds. The summed E-state index contributed by atoms with van der Waals surface area (Å²) in [6.45, 7) is 12.4. The van der Waals surface area contributed by atoms with Gasteiger partial charge in [0, 0.05) is 38.3 Å². The van der Waals surface area contributed by atoms with Gasteiger partial charge in [0.05, 0.1) is 13.1 Å². The number of hydrogen-bond acceptors (Lipinski definition) is 4. The summed E-state index contributed by atoms with van der Waals surface area (Å²) in [6.07, 6.45) is 0. The minimum absolute atomic E-state index is 0.0459. The molecule has 0 aromatic heterocycles. The normalized spacial score (nSPS) is 17.1. The summed E-state index contributed by atoms with van der Waals surface area (Å²) < 4.78 is 0. The van der Waals surface area contributed by atoms with Crippen molar-refractivity contribution in [3.8, 4) is 0 Å². The van der Waals surface area contributed by atoms with E-state index in [1.54, 1.807) is 0 Å². The fraction of sp³-hybridized carbons (Fsp3) is 0.857. The molecule has 1 fully saturated rings. The van der Waals surface area contributed by atoms with E-state index in [1.807, 2.05) is 32.6 Å². The lowest BCUT2D eigenvalue weighted by molar-refractivity contribution is -0.132. The van der Waals surface area contributed by atoms with Crippen molar-refractivity contribution in [2.45, 2.75) is 33.2 Å². The van der Waals surface area contributed by atoms with Crippen LogP contribution in [0.15, 0.2) is 0 Å². The Morgan fingerprint density at radius 2 is 1.70 bits per heavy atom. The highest BCUT2D eigenvalue weighted by Gasteiger charge is 2.23. The number of carbonyl (C=O) groups excluding carboxylic acids is 2. The van der Waals surface area contributed by atoms with Gasteiger partial charge in [-0.25, -0.2) is 0 Å². The number of amides is 2. The molecule has 0 aromatic carbocycles. The SMILES string of the molecule is CCNC(=O)CN1CCN(C(=O)CNC(C)(C)C)CC1. The van der Waals surface area contributed by atoms with E-state index in [9.17, 15) is 9.59 Å². The van der Waals surface area contributed by atoms with E-state index in [-0.39, 0.29) is 17.4 Å². The highest BCUT2D eigenvalue weighted by atomic mass is 16.2. The first kappa shape index (κ1) is 16.9. The quantitative estimate of drug-likeness (QED) is 0.725. The summed E-state index contributed by atoms with van der Waals surface area (Å²) >= 11 is 0. The van der Waals surface area contributed by atoms with Gasteiger partial charge in [0.15, 0.2) is 0 Å². The minimum Gasteiger partial charge on any atom is -0.355 e. The molecule has 2 N–H and O–H groups in total. The molecule has 0 bridgehead atoms. The van der Waals surface area contributed by atoms with E-state index in [2.05, 4.69) is 15.5 Å². The first-order valence-corrected chi connectivity index (χ1v) is 7.33. The maximum absolute atomic E-state index is 12.0. The monoisotopic (exact) mass is 284 g/mol. The Kier molecular flexibility index (Phi) is 6.42. The van der Waals surface area contributed by atoms with Crippen molar-refractivity contribution in [2.24, 2.45) is 0 Å². The molecule has 0 spiro atoms. The molecule has 1 rings (SSSR count).